The highest BCUT2D eigenvalue weighted by Crippen LogP contribution is 2.27. The van der Waals surface area contributed by atoms with Crippen LogP contribution in [0.5, 0.6) is 11.5 Å². The van der Waals surface area contributed by atoms with Crippen LogP contribution in [-0.4, -0.2) is 6.04 Å². The number of rotatable bonds is 5. The topological polar surface area (TPSA) is 21.3 Å². The van der Waals surface area contributed by atoms with Crippen LogP contribution < -0.4 is 10.1 Å². The fourth-order valence-corrected chi connectivity index (χ4v) is 2.09. The van der Waals surface area contributed by atoms with Crippen LogP contribution in [0.2, 0.25) is 0 Å². The zero-order valence-corrected chi connectivity index (χ0v) is 11.5. The van der Waals surface area contributed by atoms with Crippen molar-refractivity contribution in [1.29, 1.82) is 0 Å². The van der Waals surface area contributed by atoms with E-state index in [0.717, 1.165) is 12.1 Å². The first-order valence-corrected chi connectivity index (χ1v) is 6.97. The summed E-state index contributed by atoms with van der Waals surface area (Å²) in [7, 11) is 0. The second-order valence-electron chi connectivity index (χ2n) is 5.29. The number of nitrogens with one attached hydrogen (secondary N) is 1. The maximum absolute atomic E-state index is 13.9. The predicted molar refractivity (Wildman–Crippen MR) is 77.5 cm³/mol. The highest BCUT2D eigenvalue weighted by atomic mass is 19.1. The predicted octanol–water partition coefficient (Wildman–Crippen LogP) is 4.18. The highest BCUT2D eigenvalue weighted by Gasteiger charge is 2.19. The SMILES string of the molecule is Cc1cccc(Oc2cccc(CNC3CC3)c2)c1F. The average molecular weight is 271 g/mol. The molecule has 0 amide bonds. The summed E-state index contributed by atoms with van der Waals surface area (Å²) >= 11 is 0. The Balaban J connectivity index is 1.72. The third-order valence-corrected chi connectivity index (χ3v) is 3.45. The summed E-state index contributed by atoms with van der Waals surface area (Å²) in [6.07, 6.45) is 2.54. The van der Waals surface area contributed by atoms with E-state index in [1.165, 1.54) is 12.8 Å². The summed E-state index contributed by atoms with van der Waals surface area (Å²) < 4.78 is 19.6. The van der Waals surface area contributed by atoms with E-state index in [-0.39, 0.29) is 11.6 Å². The maximum atomic E-state index is 13.9. The molecule has 0 atom stereocenters. The molecular formula is C17H18FNO. The van der Waals surface area contributed by atoms with Crippen LogP contribution in [0.25, 0.3) is 0 Å². The molecule has 1 N–H and O–H groups in total. The van der Waals surface area contributed by atoms with Gasteiger partial charge in [0.15, 0.2) is 11.6 Å². The van der Waals surface area contributed by atoms with Gasteiger partial charge in [-0.2, -0.15) is 0 Å². The Morgan fingerprint density at radius 3 is 2.80 bits per heavy atom. The van der Waals surface area contributed by atoms with Gasteiger partial charge in [-0.15, -0.1) is 0 Å². The molecule has 2 aromatic carbocycles. The van der Waals surface area contributed by atoms with Crippen LogP contribution in [-0.2, 0) is 6.54 Å². The van der Waals surface area contributed by atoms with Crippen LogP contribution in [0.1, 0.15) is 24.0 Å². The van der Waals surface area contributed by atoms with Crippen LogP contribution in [0.4, 0.5) is 4.39 Å². The summed E-state index contributed by atoms with van der Waals surface area (Å²) in [5.74, 6) is 0.649. The van der Waals surface area contributed by atoms with Gasteiger partial charge in [0.1, 0.15) is 5.75 Å². The molecule has 0 saturated heterocycles. The van der Waals surface area contributed by atoms with Gasteiger partial charge in [0.2, 0.25) is 0 Å². The molecule has 0 heterocycles. The van der Waals surface area contributed by atoms with Gasteiger partial charge in [0.05, 0.1) is 0 Å². The first-order valence-electron chi connectivity index (χ1n) is 6.97. The lowest BCUT2D eigenvalue weighted by molar-refractivity contribution is 0.439. The van der Waals surface area contributed by atoms with E-state index in [9.17, 15) is 4.39 Å². The minimum absolute atomic E-state index is 0.275. The van der Waals surface area contributed by atoms with E-state index in [1.54, 1.807) is 25.1 Å². The van der Waals surface area contributed by atoms with Gasteiger partial charge in [-0.25, -0.2) is 4.39 Å². The minimum atomic E-state index is -0.297. The molecule has 3 rings (SSSR count). The summed E-state index contributed by atoms with van der Waals surface area (Å²) in [6, 6.07) is 13.7. The first-order chi connectivity index (χ1) is 9.72. The Morgan fingerprint density at radius 1 is 1.20 bits per heavy atom. The summed E-state index contributed by atoms with van der Waals surface area (Å²) in [4.78, 5) is 0. The molecule has 2 nitrogen and oxygen atoms in total. The van der Waals surface area contributed by atoms with Crippen molar-refractivity contribution in [2.75, 3.05) is 0 Å². The van der Waals surface area contributed by atoms with Crippen molar-refractivity contribution < 1.29 is 9.13 Å². The molecule has 0 unspecified atom stereocenters. The van der Waals surface area contributed by atoms with E-state index in [0.29, 0.717) is 17.4 Å². The van der Waals surface area contributed by atoms with Gasteiger partial charge in [-0.1, -0.05) is 24.3 Å². The third kappa shape index (κ3) is 3.17. The summed E-state index contributed by atoms with van der Waals surface area (Å²) in [5, 5.41) is 3.45. The number of halogens is 1. The molecule has 2 aromatic rings. The second kappa shape index (κ2) is 5.63. The summed E-state index contributed by atoms with van der Waals surface area (Å²) in [5.41, 5.74) is 1.75. The number of hydrogen-bond acceptors (Lipinski definition) is 2. The molecule has 1 saturated carbocycles. The fourth-order valence-electron chi connectivity index (χ4n) is 2.09. The molecule has 0 spiro atoms. The van der Waals surface area contributed by atoms with Gasteiger partial charge in [0.25, 0.3) is 0 Å². The summed E-state index contributed by atoms with van der Waals surface area (Å²) in [6.45, 7) is 2.57. The quantitative estimate of drug-likeness (QED) is 0.881. The van der Waals surface area contributed by atoms with Crippen LogP contribution in [0, 0.1) is 12.7 Å². The van der Waals surface area contributed by atoms with E-state index < -0.39 is 0 Å². The van der Waals surface area contributed by atoms with Crippen LogP contribution >= 0.6 is 0 Å². The molecule has 0 aromatic heterocycles. The van der Waals surface area contributed by atoms with Crippen molar-refractivity contribution >= 4 is 0 Å². The lowest BCUT2D eigenvalue weighted by Crippen LogP contribution is -2.15. The van der Waals surface area contributed by atoms with Gasteiger partial charge in [-0.05, 0) is 49.1 Å². The van der Waals surface area contributed by atoms with Crippen LogP contribution in [0.15, 0.2) is 42.5 Å². The van der Waals surface area contributed by atoms with Gasteiger partial charge < -0.3 is 10.1 Å². The number of benzene rings is 2. The molecule has 1 aliphatic carbocycles. The Morgan fingerprint density at radius 2 is 2.00 bits per heavy atom. The number of aryl methyl sites for hydroxylation is 1. The van der Waals surface area contributed by atoms with Crippen molar-refractivity contribution in [3.8, 4) is 11.5 Å². The van der Waals surface area contributed by atoms with Crippen LogP contribution in [0.3, 0.4) is 0 Å². The smallest absolute Gasteiger partial charge is 0.168 e. The Kier molecular flexibility index (Phi) is 3.70. The first kappa shape index (κ1) is 13.1. The molecule has 20 heavy (non-hydrogen) atoms. The van der Waals surface area contributed by atoms with E-state index in [1.807, 2.05) is 18.2 Å². The number of ether oxygens (including phenoxy) is 1. The van der Waals surface area contributed by atoms with Crippen molar-refractivity contribution in [2.24, 2.45) is 0 Å². The Hall–Kier alpha value is -1.87. The van der Waals surface area contributed by atoms with Crippen molar-refractivity contribution in [2.45, 2.75) is 32.4 Å². The van der Waals surface area contributed by atoms with Gasteiger partial charge >= 0.3 is 0 Å². The molecule has 0 bridgehead atoms. The second-order valence-corrected chi connectivity index (χ2v) is 5.29. The lowest BCUT2D eigenvalue weighted by atomic mass is 10.2. The molecule has 1 fully saturated rings. The molecule has 0 radical (unpaired) electrons. The molecule has 1 aliphatic rings. The van der Waals surface area contributed by atoms with Crippen molar-refractivity contribution in [3.05, 3.63) is 59.4 Å². The molecule has 3 heteroatoms. The lowest BCUT2D eigenvalue weighted by Gasteiger charge is -2.10. The van der Waals surface area contributed by atoms with Crippen molar-refractivity contribution in [1.82, 2.24) is 5.32 Å². The van der Waals surface area contributed by atoms with E-state index >= 15 is 0 Å². The van der Waals surface area contributed by atoms with Gasteiger partial charge in [-0.3, -0.25) is 0 Å². The Bertz CT molecular complexity index is 608. The molecular weight excluding hydrogens is 253 g/mol. The van der Waals surface area contributed by atoms with E-state index in [4.69, 9.17) is 4.74 Å². The highest BCUT2D eigenvalue weighted by molar-refractivity contribution is 5.36. The zero-order valence-electron chi connectivity index (χ0n) is 11.5. The molecule has 104 valence electrons. The number of hydrogen-bond donors (Lipinski definition) is 1. The standard InChI is InChI=1S/C17H18FNO/c1-12-4-2-7-16(17(12)18)20-15-6-3-5-13(10-15)11-19-14-8-9-14/h2-7,10,14,19H,8-9,11H2,1H3. The monoisotopic (exact) mass is 271 g/mol. The third-order valence-electron chi connectivity index (χ3n) is 3.45. The normalized spacial score (nSPS) is 14.3. The van der Waals surface area contributed by atoms with E-state index in [2.05, 4.69) is 11.4 Å². The zero-order chi connectivity index (χ0) is 13.9. The largest absolute Gasteiger partial charge is 0.454 e. The van der Waals surface area contributed by atoms with Gasteiger partial charge in [0, 0.05) is 12.6 Å². The minimum Gasteiger partial charge on any atom is -0.454 e. The fraction of sp³-hybridized carbons (Fsp3) is 0.294. The Labute approximate surface area is 118 Å². The van der Waals surface area contributed by atoms with Crippen molar-refractivity contribution in [3.63, 3.8) is 0 Å². The molecule has 0 aliphatic heterocycles. The maximum Gasteiger partial charge on any atom is 0.168 e. The average Bonchev–Trinajstić information content (AvgIpc) is 3.26.